The SMILES string of the molecule is COc1cccc2c1O[C@]1(C)C[C@@H]2NC(=O)N1c1cccc(C(=O)O)c1. The van der Waals surface area contributed by atoms with Crippen LogP contribution < -0.4 is 19.7 Å². The summed E-state index contributed by atoms with van der Waals surface area (Å²) < 4.78 is 11.7. The molecule has 0 radical (unpaired) electrons. The molecule has 4 rings (SSSR count). The number of carbonyl (C=O) groups excluding carboxylic acids is 1. The highest BCUT2D eigenvalue weighted by Crippen LogP contribution is 2.48. The number of anilines is 1. The van der Waals surface area contributed by atoms with E-state index < -0.39 is 11.7 Å². The molecule has 2 aliphatic heterocycles. The van der Waals surface area contributed by atoms with Crippen LogP contribution >= 0.6 is 0 Å². The van der Waals surface area contributed by atoms with Gasteiger partial charge in [-0.15, -0.1) is 0 Å². The summed E-state index contributed by atoms with van der Waals surface area (Å²) in [6.07, 6.45) is 0.524. The largest absolute Gasteiger partial charge is 0.493 e. The standard InChI is InChI=1S/C19H18N2O5/c1-19-10-14(13-7-4-8-15(25-2)16(13)26-19)20-18(24)21(19)12-6-3-5-11(9-12)17(22)23/h3-9,14H,10H2,1-2H3,(H,20,24)(H,22,23)/t14-,19+/m0/s1. The third-order valence-electron chi connectivity index (χ3n) is 4.83. The molecule has 2 heterocycles. The predicted octanol–water partition coefficient (Wildman–Crippen LogP) is 3.16. The van der Waals surface area contributed by atoms with Crippen molar-refractivity contribution in [1.82, 2.24) is 5.32 Å². The van der Waals surface area contributed by atoms with Gasteiger partial charge >= 0.3 is 12.0 Å². The van der Waals surface area contributed by atoms with Gasteiger partial charge in [0.05, 0.1) is 24.4 Å². The maximum Gasteiger partial charge on any atom is 0.335 e. The lowest BCUT2D eigenvalue weighted by atomic mass is 9.90. The van der Waals surface area contributed by atoms with Crippen LogP contribution in [0.5, 0.6) is 11.5 Å². The number of aromatic carboxylic acids is 1. The molecule has 2 aromatic carbocycles. The van der Waals surface area contributed by atoms with Gasteiger partial charge in [-0.25, -0.2) is 9.59 Å². The third-order valence-corrected chi connectivity index (χ3v) is 4.83. The average Bonchev–Trinajstić information content (AvgIpc) is 2.60. The molecule has 0 aromatic heterocycles. The van der Waals surface area contributed by atoms with Crippen LogP contribution in [0.4, 0.5) is 10.5 Å². The van der Waals surface area contributed by atoms with E-state index in [1.165, 1.54) is 17.0 Å². The number of carbonyl (C=O) groups is 2. The van der Waals surface area contributed by atoms with Crippen LogP contribution in [0.2, 0.25) is 0 Å². The Balaban J connectivity index is 1.81. The molecule has 0 aliphatic carbocycles. The van der Waals surface area contributed by atoms with Crippen molar-refractivity contribution >= 4 is 17.7 Å². The molecule has 2 bridgehead atoms. The second-order valence-corrected chi connectivity index (χ2v) is 6.55. The molecule has 134 valence electrons. The summed E-state index contributed by atoms with van der Waals surface area (Å²) in [5.74, 6) is 0.130. The molecule has 0 saturated carbocycles. The minimum absolute atomic E-state index is 0.106. The highest BCUT2D eigenvalue weighted by atomic mass is 16.5. The van der Waals surface area contributed by atoms with E-state index in [0.717, 1.165) is 5.56 Å². The number of carboxylic acids is 1. The number of nitrogens with one attached hydrogen (secondary N) is 1. The number of para-hydroxylation sites is 1. The van der Waals surface area contributed by atoms with Crippen LogP contribution in [0.25, 0.3) is 0 Å². The van der Waals surface area contributed by atoms with Gasteiger partial charge in [-0.3, -0.25) is 4.90 Å². The lowest BCUT2D eigenvalue weighted by Gasteiger charge is -2.50. The number of benzene rings is 2. The first-order chi connectivity index (χ1) is 12.4. The Kier molecular flexibility index (Phi) is 3.54. The van der Waals surface area contributed by atoms with Gasteiger partial charge in [-0.1, -0.05) is 18.2 Å². The fourth-order valence-electron chi connectivity index (χ4n) is 3.69. The van der Waals surface area contributed by atoms with Gasteiger partial charge in [-0.05, 0) is 31.2 Å². The Morgan fingerprint density at radius 2 is 2.12 bits per heavy atom. The maximum absolute atomic E-state index is 12.8. The highest BCUT2D eigenvalue weighted by molar-refractivity contribution is 5.97. The van der Waals surface area contributed by atoms with Crippen LogP contribution in [-0.4, -0.2) is 29.9 Å². The highest BCUT2D eigenvalue weighted by Gasteiger charge is 2.50. The normalized spacial score (nSPS) is 23.5. The van der Waals surface area contributed by atoms with Gasteiger partial charge < -0.3 is 19.9 Å². The third kappa shape index (κ3) is 2.35. The van der Waals surface area contributed by atoms with E-state index in [4.69, 9.17) is 9.47 Å². The van der Waals surface area contributed by atoms with Gasteiger partial charge in [-0.2, -0.15) is 0 Å². The van der Waals surface area contributed by atoms with Crippen molar-refractivity contribution in [2.75, 3.05) is 12.0 Å². The monoisotopic (exact) mass is 354 g/mol. The van der Waals surface area contributed by atoms with Crippen molar-refractivity contribution in [3.05, 3.63) is 53.6 Å². The number of urea groups is 1. The molecule has 0 spiro atoms. The zero-order valence-electron chi connectivity index (χ0n) is 14.4. The predicted molar refractivity (Wildman–Crippen MR) is 93.8 cm³/mol. The van der Waals surface area contributed by atoms with Crippen molar-refractivity contribution in [3.63, 3.8) is 0 Å². The molecule has 7 heteroatoms. The van der Waals surface area contributed by atoms with Crippen molar-refractivity contribution in [2.24, 2.45) is 0 Å². The number of ether oxygens (including phenoxy) is 2. The maximum atomic E-state index is 12.8. The number of methoxy groups -OCH3 is 1. The topological polar surface area (TPSA) is 88.1 Å². The summed E-state index contributed by atoms with van der Waals surface area (Å²) in [6.45, 7) is 1.82. The molecule has 26 heavy (non-hydrogen) atoms. The quantitative estimate of drug-likeness (QED) is 0.884. The number of amides is 2. The Morgan fingerprint density at radius 1 is 1.35 bits per heavy atom. The number of nitrogens with zero attached hydrogens (tertiary/aromatic N) is 1. The van der Waals surface area contributed by atoms with E-state index in [1.54, 1.807) is 25.3 Å². The minimum Gasteiger partial charge on any atom is -0.493 e. The van der Waals surface area contributed by atoms with E-state index in [2.05, 4.69) is 5.32 Å². The Bertz CT molecular complexity index is 913. The molecule has 2 aliphatic rings. The Labute approximate surface area is 150 Å². The van der Waals surface area contributed by atoms with E-state index >= 15 is 0 Å². The van der Waals surface area contributed by atoms with E-state index in [0.29, 0.717) is 23.6 Å². The van der Waals surface area contributed by atoms with Gasteiger partial charge in [0, 0.05) is 12.0 Å². The van der Waals surface area contributed by atoms with E-state index in [9.17, 15) is 14.7 Å². The molecular formula is C19H18N2O5. The number of fused-ring (bicyclic) bond motifs is 4. The average molecular weight is 354 g/mol. The molecule has 0 unspecified atom stereocenters. The summed E-state index contributed by atoms with van der Waals surface area (Å²) >= 11 is 0. The first-order valence-electron chi connectivity index (χ1n) is 8.23. The number of hydrogen-bond donors (Lipinski definition) is 2. The number of carboxylic acid groups (broad SMARTS) is 1. The summed E-state index contributed by atoms with van der Waals surface area (Å²) in [6, 6.07) is 11.3. The lowest BCUT2D eigenvalue weighted by Crippen LogP contribution is -2.65. The summed E-state index contributed by atoms with van der Waals surface area (Å²) in [5, 5.41) is 12.2. The molecule has 1 saturated heterocycles. The van der Waals surface area contributed by atoms with Gasteiger partial charge in [0.2, 0.25) is 0 Å². The molecule has 2 N–H and O–H groups in total. The first-order valence-corrected chi connectivity index (χ1v) is 8.23. The van der Waals surface area contributed by atoms with Crippen LogP contribution in [0.3, 0.4) is 0 Å². The van der Waals surface area contributed by atoms with Gasteiger partial charge in [0.15, 0.2) is 17.2 Å². The second kappa shape index (κ2) is 5.66. The smallest absolute Gasteiger partial charge is 0.335 e. The minimum atomic E-state index is -1.05. The van der Waals surface area contributed by atoms with Crippen LogP contribution in [-0.2, 0) is 0 Å². The van der Waals surface area contributed by atoms with Crippen LogP contribution in [0.15, 0.2) is 42.5 Å². The first kappa shape index (κ1) is 16.3. The van der Waals surface area contributed by atoms with E-state index in [1.807, 2.05) is 19.1 Å². The Morgan fingerprint density at radius 3 is 2.85 bits per heavy atom. The summed E-state index contributed by atoms with van der Waals surface area (Å²) in [7, 11) is 1.57. The Hall–Kier alpha value is -3.22. The number of rotatable bonds is 3. The molecular weight excluding hydrogens is 336 g/mol. The molecule has 7 nitrogen and oxygen atoms in total. The summed E-state index contributed by atoms with van der Waals surface area (Å²) in [4.78, 5) is 25.6. The zero-order valence-corrected chi connectivity index (χ0v) is 14.4. The fourth-order valence-corrected chi connectivity index (χ4v) is 3.69. The van der Waals surface area contributed by atoms with E-state index in [-0.39, 0.29) is 17.6 Å². The molecule has 2 aromatic rings. The van der Waals surface area contributed by atoms with Crippen molar-refractivity contribution in [1.29, 1.82) is 0 Å². The molecule has 1 fully saturated rings. The van der Waals surface area contributed by atoms with Crippen molar-refractivity contribution < 1.29 is 24.2 Å². The van der Waals surface area contributed by atoms with Crippen LogP contribution in [0, 0.1) is 0 Å². The fraction of sp³-hybridized carbons (Fsp3) is 0.263. The summed E-state index contributed by atoms with van der Waals surface area (Å²) in [5.41, 5.74) is 0.469. The lowest BCUT2D eigenvalue weighted by molar-refractivity contribution is 0.0349. The molecule has 2 amide bonds. The molecule has 2 atom stereocenters. The van der Waals surface area contributed by atoms with Gasteiger partial charge in [0.25, 0.3) is 0 Å². The zero-order chi connectivity index (χ0) is 18.5. The van der Waals surface area contributed by atoms with Gasteiger partial charge in [0.1, 0.15) is 0 Å². The van der Waals surface area contributed by atoms with Crippen LogP contribution in [0.1, 0.15) is 35.3 Å². The number of hydrogen-bond acceptors (Lipinski definition) is 4. The van der Waals surface area contributed by atoms with Crippen molar-refractivity contribution in [2.45, 2.75) is 25.1 Å². The van der Waals surface area contributed by atoms with Crippen molar-refractivity contribution in [3.8, 4) is 11.5 Å². The second-order valence-electron chi connectivity index (χ2n) is 6.55.